The average Bonchev–Trinajstić information content (AvgIpc) is 3.43. The Labute approximate surface area is 242 Å². The summed E-state index contributed by atoms with van der Waals surface area (Å²) in [6.07, 6.45) is 0. The number of carboxylic acid groups (broad SMARTS) is 1. The number of carbonyl (C=O) groups excluding carboxylic acids is 4. The van der Waals surface area contributed by atoms with Gasteiger partial charge in [0, 0.05) is 22.4 Å². The summed E-state index contributed by atoms with van der Waals surface area (Å²) in [6.45, 7) is -0.239. The quantitative estimate of drug-likeness (QED) is 0.110. The number of tetrazole rings is 1. The molecule has 2 aromatic rings. The first kappa shape index (κ1) is 28.4. The number of aliphatic carboxylic acids is 1. The number of nitrogen functional groups attached to an aromatic ring is 1. The Morgan fingerprint density at radius 1 is 1.39 bits per heavy atom. The number of hydrogen-bond acceptors (Lipinski definition) is 13. The van der Waals surface area contributed by atoms with Gasteiger partial charge in [0.15, 0.2) is 5.13 Å². The molecule has 4 heterocycles. The molecule has 0 saturated carbocycles. The molecule has 1 fully saturated rings. The number of primary amides is 1. The number of rotatable bonds is 9. The predicted molar refractivity (Wildman–Crippen MR) is 125 cm³/mol. The van der Waals surface area contributed by atoms with Crippen molar-refractivity contribution in [2.24, 2.45) is 5.73 Å². The number of carbonyl (C=O) groups is 4. The van der Waals surface area contributed by atoms with Crippen LogP contribution in [-0.4, -0.2) is 76.7 Å². The van der Waals surface area contributed by atoms with E-state index in [0.29, 0.717) is 5.57 Å². The van der Waals surface area contributed by atoms with E-state index >= 15 is 0 Å². The standard InChI is InChI=1S/C17H16ClN9O5S3.Na/c18-1-7(8-5-34-16(20)21-8)12(29)22-10-13(30)27-11(15(31)32)6(3-33-14(10)27)4-35-17-23-24-25-26(17)2-9(19)28;/h1,5,10,14H,2-4H2,(H2,19,28)(H2,20,21)(H,22,29)(H,31,32);/q;+1/p-1/t10?,14-;/m1./s1. The van der Waals surface area contributed by atoms with Crippen molar-refractivity contribution in [3.8, 4) is 0 Å². The minimum atomic E-state index is -1.53. The summed E-state index contributed by atoms with van der Waals surface area (Å²) in [5.41, 5.74) is 12.2. The van der Waals surface area contributed by atoms with Gasteiger partial charge in [-0.05, 0) is 16.0 Å². The molecule has 5 N–H and O–H groups in total. The first-order valence-corrected chi connectivity index (χ1v) is 12.9. The van der Waals surface area contributed by atoms with Gasteiger partial charge in [-0.2, -0.15) is 0 Å². The maximum absolute atomic E-state index is 12.8. The molecule has 0 spiro atoms. The van der Waals surface area contributed by atoms with Crippen LogP contribution in [0.2, 0.25) is 0 Å². The van der Waals surface area contributed by atoms with Crippen LogP contribution in [0.3, 0.4) is 0 Å². The van der Waals surface area contributed by atoms with Crippen molar-refractivity contribution in [1.29, 1.82) is 0 Å². The first-order chi connectivity index (χ1) is 16.7. The van der Waals surface area contributed by atoms with Crippen LogP contribution in [0.4, 0.5) is 5.13 Å². The Morgan fingerprint density at radius 2 is 2.14 bits per heavy atom. The largest absolute Gasteiger partial charge is 1.00 e. The average molecular weight is 580 g/mol. The van der Waals surface area contributed by atoms with E-state index in [1.807, 2.05) is 0 Å². The number of thioether (sulfide) groups is 2. The Kier molecular flexibility index (Phi) is 9.42. The smallest absolute Gasteiger partial charge is 0.543 e. The Bertz CT molecular complexity index is 1280. The third-order valence-corrected chi connectivity index (χ3v) is 8.13. The van der Waals surface area contributed by atoms with Crippen LogP contribution >= 0.6 is 46.5 Å². The van der Waals surface area contributed by atoms with Gasteiger partial charge in [0.05, 0.1) is 22.9 Å². The van der Waals surface area contributed by atoms with Crippen LogP contribution in [0, 0.1) is 0 Å². The maximum Gasteiger partial charge on any atom is 1.00 e. The SMILES string of the molecule is NC(=O)Cn1nnnc1SCC1=C(C(=O)[O-])N2C(=O)C(NC(=O)C(=CCl)c3csc(N)n3)[C@H]2SC1.[Na+]. The van der Waals surface area contributed by atoms with E-state index in [0.717, 1.165) is 33.5 Å². The van der Waals surface area contributed by atoms with Gasteiger partial charge in [0.1, 0.15) is 18.0 Å². The van der Waals surface area contributed by atoms with E-state index in [4.69, 9.17) is 23.1 Å². The molecule has 2 aliphatic rings. The number of carboxylic acids is 1. The monoisotopic (exact) mass is 579 g/mol. The number of nitrogens with one attached hydrogen (secondary N) is 1. The zero-order chi connectivity index (χ0) is 25.3. The summed E-state index contributed by atoms with van der Waals surface area (Å²) in [7, 11) is 0. The van der Waals surface area contributed by atoms with Crippen molar-refractivity contribution >= 4 is 80.9 Å². The summed E-state index contributed by atoms with van der Waals surface area (Å²) in [4.78, 5) is 53.7. The van der Waals surface area contributed by atoms with Crippen molar-refractivity contribution in [3.05, 3.63) is 27.9 Å². The molecule has 1 unspecified atom stereocenters. The number of halogens is 1. The van der Waals surface area contributed by atoms with E-state index in [-0.39, 0.29) is 74.9 Å². The molecule has 0 aliphatic carbocycles. The van der Waals surface area contributed by atoms with Crippen molar-refractivity contribution in [2.75, 3.05) is 17.2 Å². The number of hydrogen-bond donors (Lipinski definition) is 3. The third kappa shape index (κ3) is 5.71. The van der Waals surface area contributed by atoms with E-state index in [1.54, 1.807) is 5.38 Å². The molecule has 0 aromatic carbocycles. The molecule has 4 rings (SSSR count). The minimum Gasteiger partial charge on any atom is -0.543 e. The van der Waals surface area contributed by atoms with Crippen LogP contribution in [0.15, 0.2) is 27.3 Å². The fourth-order valence-corrected chi connectivity index (χ4v) is 6.47. The van der Waals surface area contributed by atoms with Gasteiger partial charge < -0.3 is 26.7 Å². The van der Waals surface area contributed by atoms with Gasteiger partial charge in [-0.1, -0.05) is 23.4 Å². The van der Waals surface area contributed by atoms with Gasteiger partial charge >= 0.3 is 29.6 Å². The second kappa shape index (κ2) is 11.9. The second-order valence-electron chi connectivity index (χ2n) is 7.07. The molecule has 3 amide bonds. The molecule has 14 nitrogen and oxygen atoms in total. The summed E-state index contributed by atoms with van der Waals surface area (Å²) in [6, 6.07) is -0.971. The Morgan fingerprint density at radius 3 is 2.75 bits per heavy atom. The number of anilines is 1. The van der Waals surface area contributed by atoms with Crippen LogP contribution in [-0.2, 0) is 25.7 Å². The molecule has 36 heavy (non-hydrogen) atoms. The minimum absolute atomic E-state index is 0. The maximum atomic E-state index is 12.8. The fourth-order valence-electron chi connectivity index (χ4n) is 3.33. The van der Waals surface area contributed by atoms with Crippen molar-refractivity contribution < 1.29 is 53.8 Å². The normalized spacial score (nSPS) is 19.3. The second-order valence-corrected chi connectivity index (χ2v) is 10.2. The third-order valence-electron chi connectivity index (χ3n) is 4.86. The van der Waals surface area contributed by atoms with Gasteiger partial charge in [0.25, 0.3) is 11.8 Å². The van der Waals surface area contributed by atoms with Crippen LogP contribution in [0.1, 0.15) is 5.69 Å². The van der Waals surface area contributed by atoms with E-state index in [9.17, 15) is 24.3 Å². The molecular weight excluding hydrogens is 565 g/mol. The predicted octanol–water partition coefficient (Wildman–Crippen LogP) is -5.02. The number of nitrogens with two attached hydrogens (primary N) is 2. The number of nitrogens with zero attached hydrogens (tertiary/aromatic N) is 6. The summed E-state index contributed by atoms with van der Waals surface area (Å²) in [5.74, 6) is -3.06. The van der Waals surface area contributed by atoms with E-state index in [1.165, 1.54) is 16.4 Å². The van der Waals surface area contributed by atoms with Gasteiger partial charge in [0.2, 0.25) is 11.1 Å². The zero-order valence-corrected chi connectivity index (χ0v) is 23.6. The van der Waals surface area contributed by atoms with E-state index < -0.39 is 35.1 Å². The van der Waals surface area contributed by atoms with Crippen molar-refractivity contribution in [3.63, 3.8) is 0 Å². The van der Waals surface area contributed by atoms with Crippen molar-refractivity contribution in [1.82, 2.24) is 35.4 Å². The van der Waals surface area contributed by atoms with Crippen LogP contribution < -0.4 is 51.4 Å². The number of thiazole rings is 1. The number of amides is 3. The molecule has 0 radical (unpaired) electrons. The molecule has 2 aromatic heterocycles. The molecule has 184 valence electrons. The van der Waals surface area contributed by atoms with Crippen LogP contribution in [0.5, 0.6) is 0 Å². The zero-order valence-electron chi connectivity index (χ0n) is 18.4. The topological polar surface area (TPSA) is 215 Å². The first-order valence-electron chi connectivity index (χ1n) is 9.59. The molecule has 19 heteroatoms. The van der Waals surface area contributed by atoms with Crippen LogP contribution in [0.25, 0.3) is 5.57 Å². The Balaban J connectivity index is 0.00000361. The number of aromatic nitrogens is 5. The fraction of sp³-hybridized carbons (Fsp3) is 0.294. The van der Waals surface area contributed by atoms with Gasteiger partial charge in [-0.15, -0.1) is 28.2 Å². The molecular formula is C17H15ClN9NaO5S3. The summed E-state index contributed by atoms with van der Waals surface area (Å²) in [5, 5.41) is 26.8. The molecule has 1 saturated heterocycles. The molecule has 2 aliphatic heterocycles. The molecule has 2 atom stereocenters. The van der Waals surface area contributed by atoms with Gasteiger partial charge in [-0.25, -0.2) is 9.67 Å². The summed E-state index contributed by atoms with van der Waals surface area (Å²) >= 11 is 9.27. The molecule has 0 bridgehead atoms. The van der Waals surface area contributed by atoms with Crippen molar-refractivity contribution in [2.45, 2.75) is 23.1 Å². The Hall–Kier alpha value is -2.15. The summed E-state index contributed by atoms with van der Waals surface area (Å²) < 4.78 is 1.18. The van der Waals surface area contributed by atoms with Gasteiger partial charge in [-0.3, -0.25) is 19.3 Å². The number of fused-ring (bicyclic) bond motifs is 1. The van der Waals surface area contributed by atoms with E-state index in [2.05, 4.69) is 25.8 Å². The number of β-lactam (4-membered cyclic amide) rings is 1.